The Bertz CT molecular complexity index is 451. The molecule has 0 saturated carbocycles. The second-order valence-corrected chi connectivity index (χ2v) is 6.99. The summed E-state index contributed by atoms with van der Waals surface area (Å²) in [5, 5.41) is 0. The summed E-state index contributed by atoms with van der Waals surface area (Å²) in [6.07, 6.45) is 9.28. The normalized spacial score (nSPS) is 29.8. The zero-order valence-corrected chi connectivity index (χ0v) is 13.8. The number of likely N-dealkylation sites (tertiary alicyclic amines) is 2. The summed E-state index contributed by atoms with van der Waals surface area (Å²) in [5.41, 5.74) is 2.55. The highest BCUT2D eigenvalue weighted by atomic mass is 15.4. The third kappa shape index (κ3) is 2.95. The highest BCUT2D eigenvalue weighted by molar-refractivity contribution is 5.34. The van der Waals surface area contributed by atoms with Gasteiger partial charge in [0.2, 0.25) is 0 Å². The van der Waals surface area contributed by atoms with Crippen LogP contribution in [0.15, 0.2) is 36.2 Å². The van der Waals surface area contributed by atoms with Crippen molar-refractivity contribution in [3.8, 4) is 0 Å². The number of hydrogen-bond donors (Lipinski definition) is 0. The zero-order chi connectivity index (χ0) is 15.0. The molecule has 2 bridgehead atoms. The monoisotopic (exact) mass is 287 g/mol. The Kier molecular flexibility index (Phi) is 4.23. The van der Waals surface area contributed by atoms with E-state index in [1.807, 2.05) is 0 Å². The molecule has 2 atom stereocenters. The summed E-state index contributed by atoms with van der Waals surface area (Å²) < 4.78 is 0. The predicted octanol–water partition coefficient (Wildman–Crippen LogP) is 2.83. The maximum atomic E-state index is 4.12. The molecule has 2 saturated heterocycles. The highest BCUT2D eigenvalue weighted by Gasteiger charge is 2.44. The van der Waals surface area contributed by atoms with E-state index in [0.29, 0.717) is 6.04 Å². The van der Waals surface area contributed by atoms with Crippen LogP contribution in [0.4, 0.5) is 0 Å². The summed E-state index contributed by atoms with van der Waals surface area (Å²) >= 11 is 0. The minimum absolute atomic E-state index is 0.689. The first-order valence-electron chi connectivity index (χ1n) is 8.42. The highest BCUT2D eigenvalue weighted by Crippen LogP contribution is 2.34. The summed E-state index contributed by atoms with van der Waals surface area (Å²) in [6.45, 7) is 15.6. The van der Waals surface area contributed by atoms with E-state index < -0.39 is 0 Å². The van der Waals surface area contributed by atoms with Crippen molar-refractivity contribution in [2.75, 3.05) is 26.2 Å². The smallest absolute Gasteiger partial charge is 0.0333 e. The molecule has 3 aliphatic heterocycles. The molecule has 0 amide bonds. The Morgan fingerprint density at radius 3 is 2.57 bits per heavy atom. The predicted molar refractivity (Wildman–Crippen MR) is 89.0 cm³/mol. The fourth-order valence-electron chi connectivity index (χ4n) is 3.78. The van der Waals surface area contributed by atoms with Gasteiger partial charge in [-0.05, 0) is 38.3 Å². The quantitative estimate of drug-likeness (QED) is 0.770. The van der Waals surface area contributed by atoms with Crippen LogP contribution in [0.25, 0.3) is 0 Å². The zero-order valence-electron chi connectivity index (χ0n) is 13.8. The molecule has 3 heterocycles. The molecular formula is C18H29N3. The van der Waals surface area contributed by atoms with Gasteiger partial charge in [-0.2, -0.15) is 0 Å². The number of nitrogens with zero attached hydrogens (tertiary/aromatic N) is 3. The average molecular weight is 287 g/mol. The van der Waals surface area contributed by atoms with Crippen LogP contribution in [0.2, 0.25) is 0 Å². The third-order valence-electron chi connectivity index (χ3n) is 5.11. The van der Waals surface area contributed by atoms with Crippen LogP contribution in [-0.4, -0.2) is 59.0 Å². The van der Waals surface area contributed by atoms with Gasteiger partial charge in [-0.1, -0.05) is 19.6 Å². The van der Waals surface area contributed by atoms with Crippen LogP contribution in [0, 0.1) is 0 Å². The molecule has 0 radical (unpaired) electrons. The molecule has 3 rings (SSSR count). The topological polar surface area (TPSA) is 9.72 Å². The van der Waals surface area contributed by atoms with Crippen molar-refractivity contribution in [2.24, 2.45) is 0 Å². The lowest BCUT2D eigenvalue weighted by atomic mass is 9.86. The van der Waals surface area contributed by atoms with Crippen LogP contribution in [0.1, 0.15) is 33.6 Å². The lowest BCUT2D eigenvalue weighted by Crippen LogP contribution is -2.69. The first-order chi connectivity index (χ1) is 10.1. The van der Waals surface area contributed by atoms with Gasteiger partial charge in [0.1, 0.15) is 0 Å². The lowest BCUT2D eigenvalue weighted by Gasteiger charge is -2.57. The second-order valence-electron chi connectivity index (χ2n) is 6.99. The van der Waals surface area contributed by atoms with Crippen molar-refractivity contribution < 1.29 is 0 Å². The molecule has 0 spiro atoms. The molecular weight excluding hydrogens is 258 g/mol. The molecule has 2 fully saturated rings. The van der Waals surface area contributed by atoms with Gasteiger partial charge in [0.05, 0.1) is 0 Å². The molecule has 116 valence electrons. The van der Waals surface area contributed by atoms with Crippen molar-refractivity contribution in [1.29, 1.82) is 0 Å². The molecule has 0 N–H and O–H groups in total. The van der Waals surface area contributed by atoms with Gasteiger partial charge in [-0.25, -0.2) is 0 Å². The summed E-state index contributed by atoms with van der Waals surface area (Å²) in [6, 6.07) is 2.23. The maximum absolute atomic E-state index is 4.12. The van der Waals surface area contributed by atoms with Crippen LogP contribution in [-0.2, 0) is 0 Å². The first-order valence-corrected chi connectivity index (χ1v) is 8.42. The SMILES string of the molecule is C=C1C=CC(CN2C3CC2CN(C(C)C)C3)=CN1CCC. The number of allylic oxidation sites excluding steroid dienone is 1. The average Bonchev–Trinajstić information content (AvgIpc) is 2.48. The Hall–Kier alpha value is -1.06. The molecule has 0 aliphatic carbocycles. The Morgan fingerprint density at radius 1 is 1.24 bits per heavy atom. The van der Waals surface area contributed by atoms with E-state index in [-0.39, 0.29) is 0 Å². The van der Waals surface area contributed by atoms with E-state index in [0.717, 1.165) is 37.3 Å². The van der Waals surface area contributed by atoms with Crippen molar-refractivity contribution in [2.45, 2.75) is 51.7 Å². The maximum Gasteiger partial charge on any atom is 0.0333 e. The Balaban J connectivity index is 1.60. The summed E-state index contributed by atoms with van der Waals surface area (Å²) in [4.78, 5) is 7.63. The largest absolute Gasteiger partial charge is 0.348 e. The van der Waals surface area contributed by atoms with Crippen molar-refractivity contribution >= 4 is 0 Å². The van der Waals surface area contributed by atoms with E-state index in [9.17, 15) is 0 Å². The molecule has 0 aromatic carbocycles. The molecule has 2 unspecified atom stereocenters. The van der Waals surface area contributed by atoms with E-state index in [4.69, 9.17) is 0 Å². The summed E-state index contributed by atoms with van der Waals surface area (Å²) in [7, 11) is 0. The van der Waals surface area contributed by atoms with Gasteiger partial charge >= 0.3 is 0 Å². The van der Waals surface area contributed by atoms with Gasteiger partial charge in [0.15, 0.2) is 0 Å². The van der Waals surface area contributed by atoms with Crippen molar-refractivity contribution in [3.05, 3.63) is 36.2 Å². The van der Waals surface area contributed by atoms with Gasteiger partial charge in [0.25, 0.3) is 0 Å². The fourth-order valence-corrected chi connectivity index (χ4v) is 3.78. The second kappa shape index (κ2) is 5.98. The molecule has 3 aliphatic rings. The van der Waals surface area contributed by atoms with Crippen molar-refractivity contribution in [1.82, 2.24) is 14.7 Å². The van der Waals surface area contributed by atoms with Gasteiger partial charge < -0.3 is 4.90 Å². The number of rotatable bonds is 5. The molecule has 21 heavy (non-hydrogen) atoms. The molecule has 3 heteroatoms. The molecule has 0 aromatic heterocycles. The van der Waals surface area contributed by atoms with E-state index in [1.54, 1.807) is 0 Å². The molecule has 0 aromatic rings. The minimum atomic E-state index is 0.689. The Morgan fingerprint density at radius 2 is 1.95 bits per heavy atom. The number of hydrogen-bond acceptors (Lipinski definition) is 3. The number of piperidine rings is 1. The lowest BCUT2D eigenvalue weighted by molar-refractivity contribution is -0.0717. The van der Waals surface area contributed by atoms with Crippen LogP contribution in [0.5, 0.6) is 0 Å². The number of piperazine rings is 1. The standard InChI is InChI=1S/C18H29N3/c1-5-8-19-10-16(7-6-15(19)4)11-21-17-9-18(21)13-20(12-17)14(2)3/h6-7,10,14,17-18H,4-5,8-9,11-13H2,1-3H3. The third-order valence-corrected chi connectivity index (χ3v) is 5.11. The van der Waals surface area contributed by atoms with E-state index >= 15 is 0 Å². The fraction of sp³-hybridized carbons (Fsp3) is 0.667. The van der Waals surface area contributed by atoms with Gasteiger partial charge in [0, 0.05) is 56.2 Å². The molecule has 3 nitrogen and oxygen atoms in total. The first kappa shape index (κ1) is 14.9. The van der Waals surface area contributed by atoms with E-state index in [2.05, 4.69) is 60.4 Å². The minimum Gasteiger partial charge on any atom is -0.348 e. The van der Waals surface area contributed by atoms with Gasteiger partial charge in [-0.15, -0.1) is 0 Å². The van der Waals surface area contributed by atoms with Crippen LogP contribution >= 0.6 is 0 Å². The van der Waals surface area contributed by atoms with Crippen molar-refractivity contribution in [3.63, 3.8) is 0 Å². The van der Waals surface area contributed by atoms with Crippen LogP contribution < -0.4 is 0 Å². The number of fused-ring (bicyclic) bond motifs is 2. The Labute approximate surface area is 129 Å². The van der Waals surface area contributed by atoms with Crippen LogP contribution in [0.3, 0.4) is 0 Å². The van der Waals surface area contributed by atoms with E-state index in [1.165, 1.54) is 25.1 Å². The summed E-state index contributed by atoms with van der Waals surface area (Å²) in [5.74, 6) is 0. The van der Waals surface area contributed by atoms with Gasteiger partial charge in [-0.3, -0.25) is 9.80 Å².